The summed E-state index contributed by atoms with van der Waals surface area (Å²) < 4.78 is 0. The van der Waals surface area contributed by atoms with Crippen LogP contribution in [-0.2, 0) is 0 Å². The molecule has 2 fully saturated rings. The second-order valence-electron chi connectivity index (χ2n) is 4.97. The lowest BCUT2D eigenvalue weighted by Crippen LogP contribution is -2.42. The third-order valence-electron chi connectivity index (χ3n) is 3.82. The van der Waals surface area contributed by atoms with Crippen LogP contribution in [0.1, 0.15) is 39.0 Å². The zero-order chi connectivity index (χ0) is 9.80. The minimum absolute atomic E-state index is 0.797. The van der Waals surface area contributed by atoms with E-state index in [9.17, 15) is 0 Å². The van der Waals surface area contributed by atoms with Crippen LogP contribution < -0.4 is 5.32 Å². The molecule has 2 heterocycles. The van der Waals surface area contributed by atoms with Gasteiger partial charge in [-0.2, -0.15) is 0 Å². The van der Waals surface area contributed by atoms with Crippen molar-refractivity contribution in [2.24, 2.45) is 5.92 Å². The lowest BCUT2D eigenvalue weighted by molar-refractivity contribution is 0.160. The van der Waals surface area contributed by atoms with Gasteiger partial charge in [-0.15, -0.1) is 0 Å². The number of nitrogens with one attached hydrogen (secondary N) is 1. The Balaban J connectivity index is 1.73. The molecule has 82 valence electrons. The number of hydrogen-bond donors (Lipinski definition) is 1. The van der Waals surface area contributed by atoms with Crippen molar-refractivity contribution in [2.75, 3.05) is 26.2 Å². The average molecular weight is 196 g/mol. The second kappa shape index (κ2) is 5.13. The highest BCUT2D eigenvalue weighted by atomic mass is 15.2. The van der Waals surface area contributed by atoms with Crippen molar-refractivity contribution in [3.05, 3.63) is 0 Å². The van der Waals surface area contributed by atoms with Gasteiger partial charge in [0.25, 0.3) is 0 Å². The van der Waals surface area contributed by atoms with Crippen LogP contribution in [0.25, 0.3) is 0 Å². The molecular weight excluding hydrogens is 172 g/mol. The maximum Gasteiger partial charge on any atom is 0.0195 e. The quantitative estimate of drug-likeness (QED) is 0.741. The molecule has 0 amide bonds. The van der Waals surface area contributed by atoms with Crippen molar-refractivity contribution in [2.45, 2.75) is 45.1 Å². The molecule has 1 N–H and O–H groups in total. The number of nitrogens with zero attached hydrogens (tertiary/aromatic N) is 1. The third-order valence-corrected chi connectivity index (χ3v) is 3.82. The average Bonchev–Trinajstić information content (AvgIpc) is 2.71. The molecule has 2 atom stereocenters. The van der Waals surface area contributed by atoms with Crippen LogP contribution in [0.3, 0.4) is 0 Å². The summed E-state index contributed by atoms with van der Waals surface area (Å²) in [6.07, 6.45) is 7.04. The van der Waals surface area contributed by atoms with E-state index < -0.39 is 0 Å². The molecule has 2 heteroatoms. The summed E-state index contributed by atoms with van der Waals surface area (Å²) >= 11 is 0. The van der Waals surface area contributed by atoms with E-state index in [0.29, 0.717) is 0 Å². The Morgan fingerprint density at radius 1 is 1.29 bits per heavy atom. The van der Waals surface area contributed by atoms with Gasteiger partial charge in [-0.1, -0.05) is 13.3 Å². The van der Waals surface area contributed by atoms with E-state index in [2.05, 4.69) is 17.1 Å². The van der Waals surface area contributed by atoms with E-state index in [1.165, 1.54) is 58.3 Å². The van der Waals surface area contributed by atoms with Crippen molar-refractivity contribution in [3.63, 3.8) is 0 Å². The van der Waals surface area contributed by atoms with E-state index in [0.717, 1.165) is 12.0 Å². The molecule has 14 heavy (non-hydrogen) atoms. The molecule has 2 aliphatic rings. The minimum Gasteiger partial charge on any atom is -0.313 e. The van der Waals surface area contributed by atoms with Gasteiger partial charge in [0.2, 0.25) is 0 Å². The summed E-state index contributed by atoms with van der Waals surface area (Å²) in [6.45, 7) is 7.58. The summed E-state index contributed by atoms with van der Waals surface area (Å²) in [4.78, 5) is 2.68. The molecular formula is C12H24N2. The molecule has 0 bridgehead atoms. The van der Waals surface area contributed by atoms with Crippen LogP contribution in [0.15, 0.2) is 0 Å². The maximum atomic E-state index is 3.60. The topological polar surface area (TPSA) is 15.3 Å². The maximum absolute atomic E-state index is 3.60. The van der Waals surface area contributed by atoms with Crippen LogP contribution in [0.5, 0.6) is 0 Å². The van der Waals surface area contributed by atoms with Gasteiger partial charge in [0.1, 0.15) is 0 Å². The molecule has 0 spiro atoms. The molecule has 2 rings (SSSR count). The fourth-order valence-corrected chi connectivity index (χ4v) is 2.87. The van der Waals surface area contributed by atoms with Gasteiger partial charge in [0.15, 0.2) is 0 Å². The van der Waals surface area contributed by atoms with Gasteiger partial charge >= 0.3 is 0 Å². The third kappa shape index (κ3) is 2.71. The van der Waals surface area contributed by atoms with Gasteiger partial charge in [0, 0.05) is 19.1 Å². The van der Waals surface area contributed by atoms with E-state index in [4.69, 9.17) is 0 Å². The SMILES string of the molecule is CCC1CCCN(CC2CCCN2)C1. The highest BCUT2D eigenvalue weighted by Gasteiger charge is 2.22. The molecule has 2 nitrogen and oxygen atoms in total. The first-order chi connectivity index (χ1) is 6.88. The first kappa shape index (κ1) is 10.4. The van der Waals surface area contributed by atoms with Gasteiger partial charge in [-0.3, -0.25) is 0 Å². The van der Waals surface area contributed by atoms with Crippen molar-refractivity contribution in [1.29, 1.82) is 0 Å². The summed E-state index contributed by atoms with van der Waals surface area (Å²) in [7, 11) is 0. The summed E-state index contributed by atoms with van der Waals surface area (Å²) in [5.74, 6) is 0.977. The first-order valence-corrected chi connectivity index (χ1v) is 6.34. The Hall–Kier alpha value is -0.0800. The van der Waals surface area contributed by atoms with Crippen LogP contribution >= 0.6 is 0 Å². The van der Waals surface area contributed by atoms with E-state index in [-0.39, 0.29) is 0 Å². The fourth-order valence-electron chi connectivity index (χ4n) is 2.87. The number of likely N-dealkylation sites (tertiary alicyclic amines) is 1. The molecule has 0 radical (unpaired) electrons. The highest BCUT2D eigenvalue weighted by molar-refractivity contribution is 4.80. The van der Waals surface area contributed by atoms with Crippen molar-refractivity contribution < 1.29 is 0 Å². The molecule has 0 saturated carbocycles. The Bertz CT molecular complexity index is 164. The standard InChI is InChI=1S/C12H24N2/c1-2-11-5-4-8-14(9-11)10-12-6-3-7-13-12/h11-13H,2-10H2,1H3. The minimum atomic E-state index is 0.797. The van der Waals surface area contributed by atoms with Gasteiger partial charge in [-0.25, -0.2) is 0 Å². The molecule has 0 aromatic heterocycles. The fraction of sp³-hybridized carbons (Fsp3) is 1.00. The van der Waals surface area contributed by atoms with Gasteiger partial charge in [-0.05, 0) is 44.7 Å². The number of rotatable bonds is 3. The van der Waals surface area contributed by atoms with Crippen molar-refractivity contribution in [3.8, 4) is 0 Å². The first-order valence-electron chi connectivity index (χ1n) is 6.34. The molecule has 0 aromatic carbocycles. The molecule has 2 unspecified atom stereocenters. The monoisotopic (exact) mass is 196 g/mol. The number of hydrogen-bond acceptors (Lipinski definition) is 2. The normalized spacial score (nSPS) is 34.9. The van der Waals surface area contributed by atoms with E-state index in [1.807, 2.05) is 0 Å². The zero-order valence-corrected chi connectivity index (χ0v) is 9.47. The Morgan fingerprint density at radius 3 is 2.93 bits per heavy atom. The van der Waals surface area contributed by atoms with Crippen molar-refractivity contribution >= 4 is 0 Å². The molecule has 2 aliphatic heterocycles. The Kier molecular flexibility index (Phi) is 3.82. The van der Waals surface area contributed by atoms with Gasteiger partial charge < -0.3 is 10.2 Å². The highest BCUT2D eigenvalue weighted by Crippen LogP contribution is 2.20. The largest absolute Gasteiger partial charge is 0.313 e. The number of piperidine rings is 1. The van der Waals surface area contributed by atoms with Crippen LogP contribution in [0, 0.1) is 5.92 Å². The van der Waals surface area contributed by atoms with Crippen LogP contribution in [0.2, 0.25) is 0 Å². The van der Waals surface area contributed by atoms with Crippen LogP contribution in [-0.4, -0.2) is 37.1 Å². The Labute approximate surface area is 88.1 Å². The lowest BCUT2D eigenvalue weighted by atomic mass is 9.95. The second-order valence-corrected chi connectivity index (χ2v) is 4.97. The van der Waals surface area contributed by atoms with Crippen molar-refractivity contribution in [1.82, 2.24) is 10.2 Å². The lowest BCUT2D eigenvalue weighted by Gasteiger charge is -2.33. The van der Waals surface area contributed by atoms with E-state index in [1.54, 1.807) is 0 Å². The Morgan fingerprint density at radius 2 is 2.21 bits per heavy atom. The molecule has 0 aromatic rings. The van der Waals surface area contributed by atoms with E-state index >= 15 is 0 Å². The van der Waals surface area contributed by atoms with Gasteiger partial charge in [0.05, 0.1) is 0 Å². The van der Waals surface area contributed by atoms with Crippen LogP contribution in [0.4, 0.5) is 0 Å². The zero-order valence-electron chi connectivity index (χ0n) is 9.47. The predicted molar refractivity (Wildman–Crippen MR) is 60.5 cm³/mol. The molecule has 0 aliphatic carbocycles. The molecule has 2 saturated heterocycles. The predicted octanol–water partition coefficient (Wildman–Crippen LogP) is 1.86. The summed E-state index contributed by atoms with van der Waals surface area (Å²) in [5.41, 5.74) is 0. The summed E-state index contributed by atoms with van der Waals surface area (Å²) in [5, 5.41) is 3.60. The summed E-state index contributed by atoms with van der Waals surface area (Å²) in [6, 6.07) is 0.797. The smallest absolute Gasteiger partial charge is 0.0195 e.